The maximum atomic E-state index is 13.3. The van der Waals surface area contributed by atoms with E-state index in [1.54, 1.807) is 12.1 Å². The van der Waals surface area contributed by atoms with Crippen molar-refractivity contribution >= 4 is 49.0 Å². The maximum absolute atomic E-state index is 13.3. The zero-order valence-corrected chi connectivity index (χ0v) is 20.7. The molecule has 0 N–H and O–H groups in total. The van der Waals surface area contributed by atoms with E-state index in [1.165, 1.54) is 28.4 Å². The standard InChI is InChI=1S/C22H23ClN2O7S2/c1-24(17-9-11-33(28,29)14-17)21(26)13-32-22(27)16-6-7-18(23)20(12-16)34(30,31)25-10-8-15-4-2-3-5-19(15)25/h2-7,12,17H,8-11,13-14H2,1H3/t17-/m1/s1. The summed E-state index contributed by atoms with van der Waals surface area (Å²) in [5.74, 6) is -1.55. The average molecular weight is 527 g/mol. The Balaban J connectivity index is 1.48. The molecule has 1 fully saturated rings. The molecule has 0 bridgehead atoms. The molecule has 2 heterocycles. The molecule has 9 nitrogen and oxygen atoms in total. The Morgan fingerprint density at radius 1 is 1.21 bits per heavy atom. The van der Waals surface area contributed by atoms with Crippen molar-refractivity contribution in [1.82, 2.24) is 4.90 Å². The van der Waals surface area contributed by atoms with Crippen LogP contribution in [0.2, 0.25) is 5.02 Å². The van der Waals surface area contributed by atoms with Gasteiger partial charge in [-0.2, -0.15) is 0 Å². The van der Waals surface area contributed by atoms with Crippen LogP contribution >= 0.6 is 11.6 Å². The quantitative estimate of drug-likeness (QED) is 0.527. The molecule has 1 saturated heterocycles. The van der Waals surface area contributed by atoms with Crippen LogP contribution in [0.15, 0.2) is 47.4 Å². The molecule has 0 spiro atoms. The number of ether oxygens (including phenoxy) is 1. The summed E-state index contributed by atoms with van der Waals surface area (Å²) in [6.45, 7) is -0.347. The number of benzene rings is 2. The molecule has 182 valence electrons. The minimum atomic E-state index is -4.04. The molecule has 0 saturated carbocycles. The minimum Gasteiger partial charge on any atom is -0.452 e. The molecule has 12 heteroatoms. The molecule has 0 aromatic heterocycles. The number of sulfonamides is 1. The zero-order chi connectivity index (χ0) is 24.7. The number of amides is 1. The van der Waals surface area contributed by atoms with Gasteiger partial charge in [-0.3, -0.25) is 9.10 Å². The normalized spacial score (nSPS) is 19.0. The summed E-state index contributed by atoms with van der Waals surface area (Å²) in [5.41, 5.74) is 1.39. The summed E-state index contributed by atoms with van der Waals surface area (Å²) in [5, 5.41) is -0.0424. The number of hydrogen-bond donors (Lipinski definition) is 0. The van der Waals surface area contributed by atoms with Crippen LogP contribution in [0.25, 0.3) is 0 Å². The monoisotopic (exact) mass is 526 g/mol. The van der Waals surface area contributed by atoms with Crippen molar-refractivity contribution < 1.29 is 31.2 Å². The smallest absolute Gasteiger partial charge is 0.338 e. The van der Waals surface area contributed by atoms with Gasteiger partial charge in [0.25, 0.3) is 15.9 Å². The summed E-state index contributed by atoms with van der Waals surface area (Å²) in [4.78, 5) is 26.0. The van der Waals surface area contributed by atoms with Crippen LogP contribution in [-0.2, 0) is 35.8 Å². The van der Waals surface area contributed by atoms with Gasteiger partial charge >= 0.3 is 5.97 Å². The SMILES string of the molecule is CN(C(=O)COC(=O)c1ccc(Cl)c(S(=O)(=O)N2CCc3ccccc32)c1)[C@@H]1CCS(=O)(=O)C1. The third kappa shape index (κ3) is 4.77. The number of carbonyl (C=O) groups is 2. The van der Waals surface area contributed by atoms with E-state index in [-0.39, 0.29) is 33.5 Å². The van der Waals surface area contributed by atoms with Crippen LogP contribution in [0.1, 0.15) is 22.3 Å². The Morgan fingerprint density at radius 2 is 1.94 bits per heavy atom. The van der Waals surface area contributed by atoms with Gasteiger partial charge in [0.05, 0.1) is 27.8 Å². The van der Waals surface area contributed by atoms with E-state index in [2.05, 4.69) is 0 Å². The summed E-state index contributed by atoms with van der Waals surface area (Å²) in [7, 11) is -5.76. The molecule has 2 aliphatic heterocycles. The Morgan fingerprint density at radius 3 is 2.65 bits per heavy atom. The lowest BCUT2D eigenvalue weighted by molar-refractivity contribution is -0.134. The van der Waals surface area contributed by atoms with Gasteiger partial charge in [-0.1, -0.05) is 29.8 Å². The molecule has 4 rings (SSSR count). The van der Waals surface area contributed by atoms with Crippen LogP contribution in [-0.4, -0.2) is 71.4 Å². The molecule has 0 radical (unpaired) electrons. The largest absolute Gasteiger partial charge is 0.452 e. The fourth-order valence-corrected chi connectivity index (χ4v) is 7.88. The second kappa shape index (κ2) is 9.20. The lowest BCUT2D eigenvalue weighted by atomic mass is 10.2. The van der Waals surface area contributed by atoms with Crippen LogP contribution in [0, 0.1) is 0 Å². The van der Waals surface area contributed by atoms with E-state index in [4.69, 9.17) is 16.3 Å². The second-order valence-corrected chi connectivity index (χ2v) is 12.7. The van der Waals surface area contributed by atoms with E-state index < -0.39 is 44.4 Å². The highest BCUT2D eigenvalue weighted by Gasteiger charge is 2.34. The van der Waals surface area contributed by atoms with Crippen molar-refractivity contribution in [2.24, 2.45) is 0 Å². The summed E-state index contributed by atoms with van der Waals surface area (Å²) >= 11 is 6.19. The number of carbonyl (C=O) groups excluding carboxylic acids is 2. The number of halogens is 1. The zero-order valence-electron chi connectivity index (χ0n) is 18.3. The number of rotatable bonds is 6. The summed E-state index contributed by atoms with van der Waals surface area (Å²) < 4.78 is 56.3. The molecule has 0 unspecified atom stereocenters. The lowest BCUT2D eigenvalue weighted by Crippen LogP contribution is -2.40. The minimum absolute atomic E-state index is 0.0125. The number of esters is 1. The predicted molar refractivity (Wildman–Crippen MR) is 126 cm³/mol. The first-order valence-electron chi connectivity index (χ1n) is 10.5. The first kappa shape index (κ1) is 24.5. The van der Waals surface area contributed by atoms with Crippen molar-refractivity contribution in [2.45, 2.75) is 23.8 Å². The number of fused-ring (bicyclic) bond motifs is 1. The highest BCUT2D eigenvalue weighted by atomic mass is 35.5. The maximum Gasteiger partial charge on any atom is 0.338 e. The molecular formula is C22H23ClN2O7S2. The molecule has 2 aliphatic rings. The fourth-order valence-electron chi connectivity index (χ4n) is 4.10. The van der Waals surface area contributed by atoms with Gasteiger partial charge in [-0.25, -0.2) is 21.6 Å². The Bertz CT molecular complexity index is 1360. The van der Waals surface area contributed by atoms with Crippen molar-refractivity contribution in [1.29, 1.82) is 0 Å². The number of hydrogen-bond acceptors (Lipinski definition) is 7. The van der Waals surface area contributed by atoms with Crippen molar-refractivity contribution in [3.8, 4) is 0 Å². The van der Waals surface area contributed by atoms with Crippen LogP contribution in [0.3, 0.4) is 0 Å². The first-order valence-corrected chi connectivity index (χ1v) is 14.2. The van der Waals surface area contributed by atoms with E-state index in [0.29, 0.717) is 18.5 Å². The van der Waals surface area contributed by atoms with Crippen LogP contribution in [0.5, 0.6) is 0 Å². The first-order chi connectivity index (χ1) is 16.0. The lowest BCUT2D eigenvalue weighted by Gasteiger charge is -2.23. The number of nitrogens with zero attached hydrogens (tertiary/aromatic N) is 2. The average Bonchev–Trinajstić information content (AvgIpc) is 3.40. The molecule has 2 aromatic carbocycles. The van der Waals surface area contributed by atoms with E-state index in [0.717, 1.165) is 11.6 Å². The van der Waals surface area contributed by atoms with Gasteiger partial charge in [-0.15, -0.1) is 0 Å². The van der Waals surface area contributed by atoms with E-state index in [1.807, 2.05) is 12.1 Å². The number of anilines is 1. The third-order valence-corrected chi connectivity index (χ3v) is 10.1. The highest BCUT2D eigenvalue weighted by Crippen LogP contribution is 2.35. The van der Waals surface area contributed by atoms with E-state index >= 15 is 0 Å². The fraction of sp³-hybridized carbons (Fsp3) is 0.364. The Kier molecular flexibility index (Phi) is 6.63. The van der Waals surface area contributed by atoms with E-state index in [9.17, 15) is 26.4 Å². The van der Waals surface area contributed by atoms with Crippen molar-refractivity contribution in [2.75, 3.05) is 36.0 Å². The van der Waals surface area contributed by atoms with Gasteiger partial charge in [0, 0.05) is 19.6 Å². The molecule has 34 heavy (non-hydrogen) atoms. The van der Waals surface area contributed by atoms with Gasteiger partial charge in [-0.05, 0) is 42.7 Å². The van der Waals surface area contributed by atoms with Gasteiger partial charge in [0.1, 0.15) is 4.90 Å². The van der Waals surface area contributed by atoms with Crippen LogP contribution in [0.4, 0.5) is 5.69 Å². The van der Waals surface area contributed by atoms with Crippen LogP contribution < -0.4 is 4.31 Å². The predicted octanol–water partition coefficient (Wildman–Crippen LogP) is 1.89. The number of likely N-dealkylation sites (N-methyl/N-ethyl adjacent to an activating group) is 1. The highest BCUT2D eigenvalue weighted by molar-refractivity contribution is 7.93. The third-order valence-electron chi connectivity index (χ3n) is 6.06. The molecular weight excluding hydrogens is 504 g/mol. The summed E-state index contributed by atoms with van der Waals surface area (Å²) in [6.07, 6.45) is 0.892. The summed E-state index contributed by atoms with van der Waals surface area (Å²) in [6, 6.07) is 10.4. The topological polar surface area (TPSA) is 118 Å². The Labute approximate surface area is 203 Å². The van der Waals surface area contributed by atoms with Gasteiger partial charge < -0.3 is 9.64 Å². The second-order valence-electron chi connectivity index (χ2n) is 8.24. The van der Waals surface area contributed by atoms with Crippen molar-refractivity contribution in [3.05, 3.63) is 58.6 Å². The molecule has 2 aromatic rings. The molecule has 1 amide bonds. The number of para-hydroxylation sites is 1. The number of sulfone groups is 1. The van der Waals surface area contributed by atoms with Crippen molar-refractivity contribution in [3.63, 3.8) is 0 Å². The van der Waals surface area contributed by atoms with Gasteiger partial charge in [0.15, 0.2) is 16.4 Å². The molecule has 1 atom stereocenters. The molecule has 0 aliphatic carbocycles. The Hall–Kier alpha value is -2.63. The van der Waals surface area contributed by atoms with Gasteiger partial charge in [0.2, 0.25) is 0 Å².